The molecule has 1 aromatic carbocycles. The van der Waals surface area contributed by atoms with E-state index in [-0.39, 0.29) is 11.6 Å². The van der Waals surface area contributed by atoms with Gasteiger partial charge in [-0.1, -0.05) is 12.1 Å². The Bertz CT molecular complexity index is 605. The third-order valence-electron chi connectivity index (χ3n) is 2.84. The molecule has 0 aromatic heterocycles. The van der Waals surface area contributed by atoms with Crippen LogP contribution in [0.4, 0.5) is 5.69 Å². The summed E-state index contributed by atoms with van der Waals surface area (Å²) < 4.78 is 0. The van der Waals surface area contributed by atoms with Gasteiger partial charge in [-0.15, -0.1) is 0 Å². The number of amidine groups is 1. The number of hydrogen-bond donors (Lipinski definition) is 0. The first-order valence-electron chi connectivity index (χ1n) is 5.81. The summed E-state index contributed by atoms with van der Waals surface area (Å²) in [5.74, 6) is 0.0281. The lowest BCUT2D eigenvalue weighted by atomic mass is 10.1. The predicted octanol–water partition coefficient (Wildman–Crippen LogP) is 1.84. The van der Waals surface area contributed by atoms with Crippen LogP contribution in [-0.4, -0.2) is 30.7 Å². The first-order chi connectivity index (χ1) is 9.02. The van der Waals surface area contributed by atoms with Gasteiger partial charge in [0.15, 0.2) is 6.19 Å². The van der Waals surface area contributed by atoms with Crippen LogP contribution in [0, 0.1) is 11.5 Å². The summed E-state index contributed by atoms with van der Waals surface area (Å²) in [6, 6.07) is 7.75. The number of nitriles is 1. The number of nitrogens with zero attached hydrogens (tertiary/aromatic N) is 4. The minimum absolute atomic E-state index is 0.289. The van der Waals surface area contributed by atoms with Gasteiger partial charge in [0.2, 0.25) is 0 Å². The molecule has 19 heavy (non-hydrogen) atoms. The number of carbonyl (C=O) groups is 1. The van der Waals surface area contributed by atoms with Crippen molar-refractivity contribution in [2.75, 3.05) is 19.0 Å². The van der Waals surface area contributed by atoms with E-state index in [0.717, 1.165) is 16.2 Å². The highest BCUT2D eigenvalue weighted by atomic mass is 16.2. The van der Waals surface area contributed by atoms with E-state index in [2.05, 4.69) is 4.99 Å². The van der Waals surface area contributed by atoms with Gasteiger partial charge in [0, 0.05) is 19.8 Å². The molecule has 0 N–H and O–H groups in total. The number of amides is 1. The van der Waals surface area contributed by atoms with Crippen molar-refractivity contribution in [3.63, 3.8) is 0 Å². The molecule has 1 aromatic rings. The second-order valence-electron chi connectivity index (χ2n) is 4.42. The van der Waals surface area contributed by atoms with E-state index in [0.29, 0.717) is 5.84 Å². The molecule has 1 amide bonds. The Labute approximate surface area is 112 Å². The van der Waals surface area contributed by atoms with Gasteiger partial charge in [-0.2, -0.15) is 10.2 Å². The summed E-state index contributed by atoms with van der Waals surface area (Å²) in [5.41, 5.74) is 2.25. The topological polar surface area (TPSA) is 59.7 Å². The van der Waals surface area contributed by atoms with Crippen molar-refractivity contribution in [3.8, 4) is 6.19 Å². The molecule has 0 unspecified atom stereocenters. The molecule has 2 rings (SSSR count). The highest BCUT2D eigenvalue weighted by molar-refractivity contribution is 6.14. The molecular formula is C14H14N4O. The predicted molar refractivity (Wildman–Crippen MR) is 74.3 cm³/mol. The molecule has 0 radical (unpaired) electrons. The SMILES string of the molecule is CC1=N/C(=C/c2ccc(N(C)C)cc2)C(=O)N1C#N. The average molecular weight is 254 g/mol. The number of rotatable bonds is 2. The van der Waals surface area contributed by atoms with Crippen LogP contribution in [0.25, 0.3) is 6.08 Å². The summed E-state index contributed by atoms with van der Waals surface area (Å²) in [5, 5.41) is 8.83. The quantitative estimate of drug-likeness (QED) is 0.597. The Morgan fingerprint density at radius 3 is 2.42 bits per heavy atom. The monoisotopic (exact) mass is 254 g/mol. The van der Waals surface area contributed by atoms with Crippen LogP contribution >= 0.6 is 0 Å². The van der Waals surface area contributed by atoms with Gasteiger partial charge in [-0.3, -0.25) is 4.79 Å². The van der Waals surface area contributed by atoms with Crippen LogP contribution in [0.5, 0.6) is 0 Å². The lowest BCUT2D eigenvalue weighted by Gasteiger charge is -2.11. The zero-order valence-corrected chi connectivity index (χ0v) is 11.1. The molecule has 0 fully saturated rings. The van der Waals surface area contributed by atoms with E-state index < -0.39 is 0 Å². The van der Waals surface area contributed by atoms with Crippen molar-refractivity contribution in [2.45, 2.75) is 6.92 Å². The average Bonchev–Trinajstić information content (AvgIpc) is 2.64. The van der Waals surface area contributed by atoms with Crippen LogP contribution in [0.3, 0.4) is 0 Å². The minimum Gasteiger partial charge on any atom is -0.378 e. The van der Waals surface area contributed by atoms with E-state index in [1.165, 1.54) is 0 Å². The molecule has 0 aliphatic carbocycles. The largest absolute Gasteiger partial charge is 0.378 e. The molecule has 5 heteroatoms. The maximum atomic E-state index is 11.8. The van der Waals surface area contributed by atoms with E-state index in [1.807, 2.05) is 49.5 Å². The normalized spacial score (nSPS) is 16.5. The molecular weight excluding hydrogens is 240 g/mol. The molecule has 0 saturated carbocycles. The van der Waals surface area contributed by atoms with E-state index in [9.17, 15) is 4.79 Å². The summed E-state index contributed by atoms with van der Waals surface area (Å²) in [6.07, 6.45) is 3.49. The molecule has 1 aliphatic heterocycles. The maximum Gasteiger partial charge on any atom is 0.291 e. The van der Waals surface area contributed by atoms with Crippen LogP contribution < -0.4 is 4.90 Å². The Morgan fingerprint density at radius 1 is 1.32 bits per heavy atom. The summed E-state index contributed by atoms with van der Waals surface area (Å²) >= 11 is 0. The fourth-order valence-electron chi connectivity index (χ4n) is 1.77. The molecule has 0 atom stereocenters. The highest BCUT2D eigenvalue weighted by Crippen LogP contribution is 2.19. The van der Waals surface area contributed by atoms with Crippen molar-refractivity contribution in [3.05, 3.63) is 35.5 Å². The number of aliphatic imine (C=N–C) groups is 1. The fraction of sp³-hybridized carbons (Fsp3) is 0.214. The number of anilines is 1. The van der Waals surface area contributed by atoms with Gasteiger partial charge in [0.05, 0.1) is 0 Å². The highest BCUT2D eigenvalue weighted by Gasteiger charge is 2.27. The van der Waals surface area contributed by atoms with Gasteiger partial charge < -0.3 is 4.90 Å². The smallest absolute Gasteiger partial charge is 0.291 e. The molecule has 1 aliphatic rings. The van der Waals surface area contributed by atoms with Crippen LogP contribution in [0.1, 0.15) is 12.5 Å². The number of benzene rings is 1. The lowest BCUT2D eigenvalue weighted by molar-refractivity contribution is -0.120. The number of carbonyl (C=O) groups excluding carboxylic acids is 1. The third kappa shape index (κ3) is 2.47. The van der Waals surface area contributed by atoms with Gasteiger partial charge >= 0.3 is 0 Å². The van der Waals surface area contributed by atoms with Crippen molar-refractivity contribution in [2.24, 2.45) is 4.99 Å². The Balaban J connectivity index is 2.28. The van der Waals surface area contributed by atoms with E-state index >= 15 is 0 Å². The third-order valence-corrected chi connectivity index (χ3v) is 2.84. The fourth-order valence-corrected chi connectivity index (χ4v) is 1.77. The lowest BCUT2D eigenvalue weighted by Crippen LogP contribution is -2.24. The first-order valence-corrected chi connectivity index (χ1v) is 5.81. The standard InChI is InChI=1S/C14H14N4O/c1-10-16-13(14(19)18(10)9-15)8-11-4-6-12(7-5-11)17(2)3/h4-8H,1-3H3/b13-8+. The maximum absolute atomic E-state index is 11.8. The van der Waals surface area contributed by atoms with E-state index in [1.54, 1.807) is 13.0 Å². The second-order valence-corrected chi connectivity index (χ2v) is 4.42. The van der Waals surface area contributed by atoms with Crippen molar-refractivity contribution in [1.29, 1.82) is 5.26 Å². The number of hydrogen-bond acceptors (Lipinski definition) is 4. The van der Waals surface area contributed by atoms with Gasteiger partial charge in [-0.25, -0.2) is 4.99 Å². The van der Waals surface area contributed by atoms with Crippen molar-refractivity contribution < 1.29 is 4.79 Å². The Morgan fingerprint density at radius 2 is 1.95 bits per heavy atom. The van der Waals surface area contributed by atoms with Crippen molar-refractivity contribution >= 4 is 23.5 Å². The summed E-state index contributed by atoms with van der Waals surface area (Å²) in [4.78, 5) is 18.9. The molecule has 96 valence electrons. The second kappa shape index (κ2) is 4.94. The van der Waals surface area contributed by atoms with Gasteiger partial charge in [-0.05, 0) is 30.7 Å². The molecule has 5 nitrogen and oxygen atoms in total. The molecule has 0 saturated heterocycles. The van der Waals surface area contributed by atoms with Gasteiger partial charge in [0.25, 0.3) is 5.91 Å². The summed E-state index contributed by atoms with van der Waals surface area (Å²) in [7, 11) is 3.93. The van der Waals surface area contributed by atoms with E-state index in [4.69, 9.17) is 5.26 Å². The zero-order valence-electron chi connectivity index (χ0n) is 11.1. The van der Waals surface area contributed by atoms with Crippen LogP contribution in [0.15, 0.2) is 35.0 Å². The Kier molecular flexibility index (Phi) is 3.34. The van der Waals surface area contributed by atoms with Crippen LogP contribution in [-0.2, 0) is 4.79 Å². The molecule has 0 bridgehead atoms. The van der Waals surface area contributed by atoms with Crippen molar-refractivity contribution in [1.82, 2.24) is 4.90 Å². The van der Waals surface area contributed by atoms with Crippen LogP contribution in [0.2, 0.25) is 0 Å². The Hall–Kier alpha value is -2.61. The molecule has 0 spiro atoms. The summed E-state index contributed by atoms with van der Waals surface area (Å²) in [6.45, 7) is 1.64. The molecule has 1 heterocycles. The first kappa shape index (κ1) is 12.8. The minimum atomic E-state index is -0.378. The van der Waals surface area contributed by atoms with Gasteiger partial charge in [0.1, 0.15) is 11.5 Å². The zero-order chi connectivity index (χ0) is 14.0.